The Hall–Kier alpha value is -2.53. The van der Waals surface area contributed by atoms with Crippen molar-refractivity contribution in [2.75, 3.05) is 7.11 Å². The molecule has 0 aliphatic heterocycles. The smallest absolute Gasteiger partial charge is 0.152 e. The highest BCUT2D eigenvalue weighted by molar-refractivity contribution is 6.30. The summed E-state index contributed by atoms with van der Waals surface area (Å²) in [4.78, 5) is 0. The predicted molar refractivity (Wildman–Crippen MR) is 88.7 cm³/mol. The summed E-state index contributed by atoms with van der Waals surface area (Å²) in [6.45, 7) is 0.539. The second-order valence-corrected chi connectivity index (χ2v) is 5.43. The molecule has 5 heteroatoms. The Labute approximate surface area is 140 Å². The molecule has 0 spiro atoms. The van der Waals surface area contributed by atoms with Crippen molar-refractivity contribution in [3.05, 3.63) is 64.7 Å². The first-order valence-electron chi connectivity index (χ1n) is 7.09. The molecular formula is C18H16ClN3O. The van der Waals surface area contributed by atoms with Crippen LogP contribution in [0.1, 0.15) is 17.2 Å². The third-order valence-corrected chi connectivity index (χ3v) is 3.78. The van der Waals surface area contributed by atoms with Crippen molar-refractivity contribution in [3.8, 4) is 17.9 Å². The van der Waals surface area contributed by atoms with E-state index in [1.807, 2.05) is 48.5 Å². The minimum atomic E-state index is -0.783. The van der Waals surface area contributed by atoms with Gasteiger partial charge in [0, 0.05) is 11.6 Å². The Kier molecular flexibility index (Phi) is 6.00. The van der Waals surface area contributed by atoms with E-state index in [9.17, 15) is 10.5 Å². The van der Waals surface area contributed by atoms with Crippen molar-refractivity contribution in [3.63, 3.8) is 0 Å². The van der Waals surface area contributed by atoms with Gasteiger partial charge in [-0.15, -0.1) is 0 Å². The summed E-state index contributed by atoms with van der Waals surface area (Å²) in [6, 6.07) is 18.5. The topological polar surface area (TPSA) is 68.8 Å². The molecule has 0 aliphatic carbocycles. The average molecular weight is 326 g/mol. The van der Waals surface area contributed by atoms with Crippen LogP contribution in [0.5, 0.6) is 5.75 Å². The van der Waals surface area contributed by atoms with Gasteiger partial charge in [0.25, 0.3) is 0 Å². The highest BCUT2D eigenvalue weighted by Gasteiger charge is 2.22. The number of ether oxygens (including phenoxy) is 1. The van der Waals surface area contributed by atoms with E-state index in [0.29, 0.717) is 11.6 Å². The Bertz CT molecular complexity index is 700. The third-order valence-electron chi connectivity index (χ3n) is 3.53. The molecular weight excluding hydrogens is 310 g/mol. The maximum absolute atomic E-state index is 9.22. The van der Waals surface area contributed by atoms with Gasteiger partial charge in [0.15, 0.2) is 5.92 Å². The van der Waals surface area contributed by atoms with Crippen LogP contribution in [0.25, 0.3) is 0 Å². The molecule has 4 nitrogen and oxygen atoms in total. The highest BCUT2D eigenvalue weighted by Crippen LogP contribution is 2.24. The zero-order valence-electron chi connectivity index (χ0n) is 12.7. The summed E-state index contributed by atoms with van der Waals surface area (Å²) in [5.74, 6) is 0.00403. The largest absolute Gasteiger partial charge is 0.497 e. The lowest BCUT2D eigenvalue weighted by Crippen LogP contribution is -2.26. The van der Waals surface area contributed by atoms with Gasteiger partial charge in [-0.1, -0.05) is 35.9 Å². The third kappa shape index (κ3) is 4.47. The summed E-state index contributed by atoms with van der Waals surface area (Å²) < 4.78 is 5.13. The van der Waals surface area contributed by atoms with Crippen molar-refractivity contribution in [1.82, 2.24) is 5.32 Å². The molecule has 2 aromatic rings. The standard InChI is InChI=1S/C18H16ClN3O/c1-23-17-8-2-13(3-9-17)12-22-18(15(10-20)11-21)14-4-6-16(19)7-5-14/h2-9,15,18,22H,12H2,1H3. The second kappa shape index (κ2) is 8.19. The van der Waals surface area contributed by atoms with Gasteiger partial charge in [-0.05, 0) is 35.4 Å². The molecule has 0 radical (unpaired) electrons. The molecule has 116 valence electrons. The zero-order valence-corrected chi connectivity index (χ0v) is 13.4. The van der Waals surface area contributed by atoms with E-state index in [1.165, 1.54) is 0 Å². The first-order chi connectivity index (χ1) is 11.2. The van der Waals surface area contributed by atoms with Gasteiger partial charge in [-0.25, -0.2) is 0 Å². The van der Waals surface area contributed by atoms with E-state index in [-0.39, 0.29) is 6.04 Å². The maximum Gasteiger partial charge on any atom is 0.152 e. The normalized spacial score (nSPS) is 11.5. The Morgan fingerprint density at radius 3 is 2.17 bits per heavy atom. The summed E-state index contributed by atoms with van der Waals surface area (Å²) in [5, 5.41) is 22.3. The molecule has 2 aromatic carbocycles. The summed E-state index contributed by atoms with van der Waals surface area (Å²) in [6.07, 6.45) is 0. The molecule has 1 atom stereocenters. The van der Waals surface area contributed by atoms with Crippen LogP contribution in [0.3, 0.4) is 0 Å². The van der Waals surface area contributed by atoms with Crippen LogP contribution in [0.2, 0.25) is 5.02 Å². The van der Waals surface area contributed by atoms with Crippen molar-refractivity contribution >= 4 is 11.6 Å². The van der Waals surface area contributed by atoms with Crippen LogP contribution in [-0.2, 0) is 6.54 Å². The van der Waals surface area contributed by atoms with Gasteiger partial charge in [0.2, 0.25) is 0 Å². The summed E-state index contributed by atoms with van der Waals surface area (Å²) >= 11 is 5.90. The minimum absolute atomic E-state index is 0.385. The molecule has 2 rings (SSSR count). The van der Waals surface area contributed by atoms with Crippen molar-refractivity contribution < 1.29 is 4.74 Å². The van der Waals surface area contributed by atoms with Crippen LogP contribution in [0.15, 0.2) is 48.5 Å². The molecule has 0 bridgehead atoms. The number of benzene rings is 2. The fourth-order valence-electron chi connectivity index (χ4n) is 2.25. The Morgan fingerprint density at radius 1 is 1.04 bits per heavy atom. The van der Waals surface area contributed by atoms with Crippen LogP contribution in [-0.4, -0.2) is 7.11 Å². The van der Waals surface area contributed by atoms with Crippen LogP contribution < -0.4 is 10.1 Å². The first kappa shape index (κ1) is 16.8. The molecule has 1 N–H and O–H groups in total. The fourth-order valence-corrected chi connectivity index (χ4v) is 2.37. The summed E-state index contributed by atoms with van der Waals surface area (Å²) in [5.41, 5.74) is 1.90. The van der Waals surface area contributed by atoms with E-state index < -0.39 is 5.92 Å². The number of nitrogens with one attached hydrogen (secondary N) is 1. The summed E-state index contributed by atoms with van der Waals surface area (Å²) in [7, 11) is 1.62. The number of hydrogen-bond acceptors (Lipinski definition) is 4. The van der Waals surface area contributed by atoms with Crippen LogP contribution in [0, 0.1) is 28.6 Å². The number of hydrogen-bond donors (Lipinski definition) is 1. The number of nitriles is 2. The molecule has 0 saturated heterocycles. The van der Waals surface area contributed by atoms with E-state index >= 15 is 0 Å². The average Bonchev–Trinajstić information content (AvgIpc) is 2.60. The maximum atomic E-state index is 9.22. The fraction of sp³-hybridized carbons (Fsp3) is 0.222. The lowest BCUT2D eigenvalue weighted by atomic mass is 9.95. The lowest BCUT2D eigenvalue weighted by molar-refractivity contribution is 0.414. The monoisotopic (exact) mass is 325 g/mol. The molecule has 0 aromatic heterocycles. The van der Waals surface area contributed by atoms with Gasteiger partial charge < -0.3 is 10.1 Å². The van der Waals surface area contributed by atoms with Gasteiger partial charge in [-0.3, -0.25) is 0 Å². The number of nitrogens with zero attached hydrogens (tertiary/aromatic N) is 2. The highest BCUT2D eigenvalue weighted by atomic mass is 35.5. The lowest BCUT2D eigenvalue weighted by Gasteiger charge is -2.20. The predicted octanol–water partition coefficient (Wildman–Crippen LogP) is 3.84. The zero-order chi connectivity index (χ0) is 16.7. The van der Waals surface area contributed by atoms with Crippen molar-refractivity contribution in [2.45, 2.75) is 12.6 Å². The van der Waals surface area contributed by atoms with Crippen LogP contribution >= 0.6 is 11.6 Å². The van der Waals surface area contributed by atoms with Crippen molar-refractivity contribution in [1.29, 1.82) is 10.5 Å². The SMILES string of the molecule is COc1ccc(CNC(c2ccc(Cl)cc2)C(C#N)C#N)cc1. The molecule has 0 heterocycles. The van der Waals surface area contributed by atoms with Crippen molar-refractivity contribution in [2.24, 2.45) is 5.92 Å². The Balaban J connectivity index is 2.16. The second-order valence-electron chi connectivity index (χ2n) is 4.99. The van der Waals surface area contributed by atoms with E-state index in [1.54, 1.807) is 19.2 Å². The molecule has 0 fully saturated rings. The minimum Gasteiger partial charge on any atom is -0.497 e. The molecule has 23 heavy (non-hydrogen) atoms. The molecule has 1 unspecified atom stereocenters. The first-order valence-corrected chi connectivity index (χ1v) is 7.46. The number of rotatable bonds is 6. The Morgan fingerprint density at radius 2 is 1.65 bits per heavy atom. The van der Waals surface area contributed by atoms with E-state index in [0.717, 1.165) is 16.9 Å². The number of halogens is 1. The van der Waals surface area contributed by atoms with Gasteiger partial charge in [-0.2, -0.15) is 10.5 Å². The number of methoxy groups -OCH3 is 1. The molecule has 0 saturated carbocycles. The van der Waals surface area contributed by atoms with Gasteiger partial charge >= 0.3 is 0 Å². The van der Waals surface area contributed by atoms with Gasteiger partial charge in [0.1, 0.15) is 5.75 Å². The molecule has 0 amide bonds. The van der Waals surface area contributed by atoms with E-state index in [4.69, 9.17) is 16.3 Å². The van der Waals surface area contributed by atoms with Gasteiger partial charge in [0.05, 0.1) is 25.3 Å². The van der Waals surface area contributed by atoms with Crippen LogP contribution in [0.4, 0.5) is 0 Å². The van der Waals surface area contributed by atoms with E-state index in [2.05, 4.69) is 5.32 Å². The quantitative estimate of drug-likeness (QED) is 0.876. The molecule has 0 aliphatic rings.